The average molecular weight is 1060 g/mol. The summed E-state index contributed by atoms with van der Waals surface area (Å²) < 4.78 is 38.7. The first-order valence-electron chi connectivity index (χ1n) is 28.4. The van der Waals surface area contributed by atoms with Crippen LogP contribution in [-0.4, -0.2) is 78.1 Å². The SMILES string of the molecule is C=CCO[C@@]12Oc3ccc(OC(=O)NCc4ccccc4)cc3[C@H]3[C@H](CCCCO)[C@@H](CCCCO)C=C(C(=NOCc4ccccc4)C[C@@H]1N(Cc1ccc4c(c1)OCO4)C(=O)OCCCCCCCCCCCC)[C@H]32. The summed E-state index contributed by atoms with van der Waals surface area (Å²) in [6, 6.07) is 29.9. The average Bonchev–Trinajstić information content (AvgIpc) is 4.09. The maximum absolute atomic E-state index is 15.3. The Morgan fingerprint density at radius 2 is 1.47 bits per heavy atom. The third kappa shape index (κ3) is 15.0. The minimum atomic E-state index is -1.55. The van der Waals surface area contributed by atoms with Gasteiger partial charge in [-0.3, -0.25) is 4.90 Å². The monoisotopic (exact) mass is 1060 g/mol. The minimum absolute atomic E-state index is 0.00933. The standard InChI is InChI=1S/C63H81N3O11/c1-3-5-6-7-8-9-10-11-12-23-37-71-62(70)66(43-48-30-32-56-57(38-48)73-45-72-56)58-41-54(65-75-44-47-26-17-14-18-27-47)52-39-49(28-19-21-34-67)51(29-20-22-35-68)59-53-40-50(76-61(69)64-42-46-24-15-13-16-25-46)31-33-55(53)77-63(58,60(52)59)74-36-4-2/h4,13-18,24-27,30-33,38-40,49,51,58-60,67-68H,2-3,5-12,19-23,28-29,34-37,41-45H2,1H3,(H,64,69)/t49-,51+,58-,59+,60+,63+/m0/s1. The third-order valence-electron chi connectivity index (χ3n) is 15.5. The molecule has 1 saturated carbocycles. The van der Waals surface area contributed by atoms with Crippen molar-refractivity contribution in [2.75, 3.05) is 33.2 Å². The number of unbranched alkanes of at least 4 members (excludes halogenated alkanes) is 11. The van der Waals surface area contributed by atoms with E-state index in [1.165, 1.54) is 38.5 Å². The summed E-state index contributed by atoms with van der Waals surface area (Å²) in [5.41, 5.74) is 5.03. The van der Waals surface area contributed by atoms with Crippen molar-refractivity contribution in [2.24, 2.45) is 22.9 Å². The molecule has 0 aromatic heterocycles. The molecule has 4 aromatic carbocycles. The van der Waals surface area contributed by atoms with Gasteiger partial charge in [0.2, 0.25) is 12.6 Å². The normalized spacial score (nSPS) is 21.3. The summed E-state index contributed by atoms with van der Waals surface area (Å²) in [6.45, 7) is 7.51. The molecule has 0 radical (unpaired) electrons. The zero-order valence-electron chi connectivity index (χ0n) is 45.1. The number of carbonyl (C=O) groups is 2. The number of hydrogen-bond donors (Lipinski definition) is 3. The molecule has 2 aliphatic carbocycles. The molecule has 1 fully saturated rings. The topological polar surface area (TPSA) is 167 Å². The van der Waals surface area contributed by atoms with Crippen molar-refractivity contribution >= 4 is 17.9 Å². The quantitative estimate of drug-likeness (QED) is 0.0249. The Bertz CT molecular complexity index is 2560. The molecule has 0 bridgehead atoms. The Morgan fingerprint density at radius 1 is 0.779 bits per heavy atom. The molecular formula is C63H81N3O11. The number of aliphatic hydroxyl groups excluding tert-OH is 2. The Labute approximate surface area is 455 Å². The van der Waals surface area contributed by atoms with Gasteiger partial charge in [0.1, 0.15) is 24.1 Å². The van der Waals surface area contributed by atoms with Crippen LogP contribution >= 0.6 is 0 Å². The molecule has 0 spiro atoms. The Morgan fingerprint density at radius 3 is 2.19 bits per heavy atom. The van der Waals surface area contributed by atoms with Crippen molar-refractivity contribution < 1.29 is 53.1 Å². The number of oxime groups is 1. The van der Waals surface area contributed by atoms with Crippen LogP contribution in [0.5, 0.6) is 23.0 Å². The van der Waals surface area contributed by atoms with Gasteiger partial charge in [-0.2, -0.15) is 0 Å². The molecule has 4 aromatic rings. The van der Waals surface area contributed by atoms with Crippen LogP contribution < -0.4 is 24.3 Å². The second-order valence-electron chi connectivity index (χ2n) is 20.9. The fraction of sp³-hybridized carbons (Fsp3) is 0.508. The van der Waals surface area contributed by atoms with Crippen LogP contribution in [0, 0.1) is 17.8 Å². The number of allylic oxidation sites excluding steroid dienone is 1. The van der Waals surface area contributed by atoms with Gasteiger partial charge in [-0.25, -0.2) is 9.59 Å². The summed E-state index contributed by atoms with van der Waals surface area (Å²) >= 11 is 0. The molecule has 2 aliphatic heterocycles. The number of aliphatic hydroxyl groups is 2. The molecule has 77 heavy (non-hydrogen) atoms. The Kier molecular flexibility index (Phi) is 21.7. The molecule has 6 atom stereocenters. The van der Waals surface area contributed by atoms with E-state index in [1.54, 1.807) is 17.0 Å². The van der Waals surface area contributed by atoms with E-state index in [-0.39, 0.29) is 70.5 Å². The minimum Gasteiger partial charge on any atom is -0.459 e. The number of rotatable bonds is 31. The third-order valence-corrected chi connectivity index (χ3v) is 15.5. The first-order valence-corrected chi connectivity index (χ1v) is 28.4. The summed E-state index contributed by atoms with van der Waals surface area (Å²) in [5, 5.41) is 28.1. The molecule has 414 valence electrons. The second kappa shape index (κ2) is 29.4. The molecule has 0 saturated heterocycles. The van der Waals surface area contributed by atoms with Crippen LogP contribution in [-0.2, 0) is 34.0 Å². The van der Waals surface area contributed by atoms with Gasteiger partial charge in [0.25, 0.3) is 0 Å². The van der Waals surface area contributed by atoms with Gasteiger partial charge in [-0.1, -0.05) is 162 Å². The van der Waals surface area contributed by atoms with Crippen molar-refractivity contribution in [3.05, 3.63) is 144 Å². The summed E-state index contributed by atoms with van der Waals surface area (Å²) in [5.74, 6) is -0.484. The highest BCUT2D eigenvalue weighted by atomic mass is 16.7. The molecule has 8 rings (SSSR count). The maximum atomic E-state index is 15.3. The van der Waals surface area contributed by atoms with Gasteiger partial charge in [0.15, 0.2) is 11.5 Å². The fourth-order valence-electron chi connectivity index (χ4n) is 11.8. The van der Waals surface area contributed by atoms with Crippen LogP contribution in [0.2, 0.25) is 0 Å². The van der Waals surface area contributed by atoms with E-state index in [0.29, 0.717) is 48.1 Å². The Balaban J connectivity index is 1.22. The molecule has 4 aliphatic rings. The van der Waals surface area contributed by atoms with Gasteiger partial charge in [0, 0.05) is 44.2 Å². The zero-order chi connectivity index (χ0) is 53.7. The van der Waals surface area contributed by atoms with Crippen molar-refractivity contribution in [1.82, 2.24) is 10.2 Å². The first kappa shape index (κ1) is 56.8. The number of fused-ring (bicyclic) bond motifs is 3. The van der Waals surface area contributed by atoms with E-state index in [9.17, 15) is 15.0 Å². The lowest BCUT2D eigenvalue weighted by atomic mass is 9.55. The molecule has 0 unspecified atom stereocenters. The van der Waals surface area contributed by atoms with E-state index in [0.717, 1.165) is 79.2 Å². The van der Waals surface area contributed by atoms with Gasteiger partial charge in [-0.05, 0) is 96.5 Å². The van der Waals surface area contributed by atoms with Gasteiger partial charge < -0.3 is 48.8 Å². The summed E-state index contributed by atoms with van der Waals surface area (Å²) in [4.78, 5) is 36.9. The van der Waals surface area contributed by atoms with Crippen molar-refractivity contribution in [3.63, 3.8) is 0 Å². The molecule has 14 nitrogen and oxygen atoms in total. The molecule has 2 amide bonds. The zero-order valence-corrected chi connectivity index (χ0v) is 45.1. The van der Waals surface area contributed by atoms with Crippen molar-refractivity contribution in [3.8, 4) is 23.0 Å². The lowest BCUT2D eigenvalue weighted by molar-refractivity contribution is -0.256. The number of nitrogens with zero attached hydrogens (tertiary/aromatic N) is 2. The van der Waals surface area contributed by atoms with Crippen molar-refractivity contribution in [2.45, 2.75) is 154 Å². The van der Waals surface area contributed by atoms with Gasteiger partial charge >= 0.3 is 12.2 Å². The molecular weight excluding hydrogens is 975 g/mol. The van der Waals surface area contributed by atoms with E-state index >= 15 is 4.79 Å². The number of benzene rings is 4. The summed E-state index contributed by atoms with van der Waals surface area (Å²) in [6.07, 6.45) is 18.8. The van der Waals surface area contributed by atoms with Crippen LogP contribution in [0.15, 0.2) is 127 Å². The molecule has 3 N–H and O–H groups in total. The predicted octanol–water partition coefficient (Wildman–Crippen LogP) is 13.1. The highest BCUT2D eigenvalue weighted by Crippen LogP contribution is 2.62. The van der Waals surface area contributed by atoms with Crippen molar-refractivity contribution in [1.29, 1.82) is 0 Å². The molecule has 2 heterocycles. The molecule has 14 heteroatoms. The number of ether oxygens (including phenoxy) is 6. The van der Waals surface area contributed by atoms with E-state index in [4.69, 9.17) is 38.4 Å². The maximum Gasteiger partial charge on any atom is 0.412 e. The van der Waals surface area contributed by atoms with Gasteiger partial charge in [-0.15, -0.1) is 6.58 Å². The first-order chi connectivity index (χ1) is 37.8. The smallest absolute Gasteiger partial charge is 0.412 e. The van der Waals surface area contributed by atoms with E-state index in [1.807, 2.05) is 91.0 Å². The van der Waals surface area contributed by atoms with E-state index in [2.05, 4.69) is 24.9 Å². The van der Waals surface area contributed by atoms with Crippen LogP contribution in [0.1, 0.15) is 144 Å². The number of nitrogens with one attached hydrogen (secondary N) is 1. The fourth-order valence-corrected chi connectivity index (χ4v) is 11.8. The van der Waals surface area contributed by atoms with Gasteiger partial charge in [0.05, 0.1) is 24.8 Å². The number of carbonyl (C=O) groups excluding carboxylic acids is 2. The van der Waals surface area contributed by atoms with E-state index < -0.39 is 29.9 Å². The lowest BCUT2D eigenvalue weighted by Gasteiger charge is -2.59. The summed E-state index contributed by atoms with van der Waals surface area (Å²) in [7, 11) is 0. The van der Waals surface area contributed by atoms with Crippen LogP contribution in [0.25, 0.3) is 0 Å². The predicted molar refractivity (Wildman–Crippen MR) is 297 cm³/mol. The van der Waals surface area contributed by atoms with Crippen LogP contribution in [0.4, 0.5) is 9.59 Å². The number of hydrogen-bond acceptors (Lipinski definition) is 12. The number of amides is 2. The second-order valence-corrected chi connectivity index (χ2v) is 20.9. The highest BCUT2D eigenvalue weighted by Gasteiger charge is 2.66. The highest BCUT2D eigenvalue weighted by molar-refractivity contribution is 6.03. The lowest BCUT2D eigenvalue weighted by Crippen LogP contribution is -2.70. The van der Waals surface area contributed by atoms with Crippen LogP contribution in [0.3, 0.4) is 0 Å². The Hall–Kier alpha value is -6.35. The largest absolute Gasteiger partial charge is 0.459 e.